The number of benzene rings is 4. The van der Waals surface area contributed by atoms with Crippen LogP contribution in [0.1, 0.15) is 28.3 Å². The highest BCUT2D eigenvalue weighted by atomic mass is 16.3. The van der Waals surface area contributed by atoms with Crippen molar-refractivity contribution in [3.63, 3.8) is 0 Å². The number of nitrogens with zero attached hydrogens (tertiary/aromatic N) is 2. The molecular weight excluding hydrogens is 492 g/mol. The van der Waals surface area contributed by atoms with Gasteiger partial charge in [0.2, 0.25) is 0 Å². The van der Waals surface area contributed by atoms with Crippen molar-refractivity contribution in [1.29, 1.82) is 0 Å². The second kappa shape index (κ2) is 11.6. The van der Waals surface area contributed by atoms with Crippen LogP contribution >= 0.6 is 0 Å². The van der Waals surface area contributed by atoms with Crippen LogP contribution in [0.3, 0.4) is 0 Å². The van der Waals surface area contributed by atoms with Crippen LogP contribution in [0.2, 0.25) is 0 Å². The van der Waals surface area contributed by atoms with Gasteiger partial charge in [0.05, 0.1) is 12.1 Å². The molecule has 7 nitrogen and oxygen atoms in total. The summed E-state index contributed by atoms with van der Waals surface area (Å²) < 4.78 is 0. The van der Waals surface area contributed by atoms with Crippen molar-refractivity contribution in [2.24, 2.45) is 0 Å². The molecule has 1 saturated heterocycles. The molecule has 1 fully saturated rings. The Bertz CT molecular complexity index is 1360. The first kappa shape index (κ1) is 26.3. The first-order valence-corrected chi connectivity index (χ1v) is 13.0. The van der Waals surface area contributed by atoms with E-state index in [-0.39, 0.29) is 37.0 Å². The third-order valence-electron chi connectivity index (χ3n) is 7.30. The van der Waals surface area contributed by atoms with E-state index < -0.39 is 24.3 Å². The average Bonchev–Trinajstić information content (AvgIpc) is 3.02. The predicted octanol–water partition coefficient (Wildman–Crippen LogP) is 4.61. The summed E-state index contributed by atoms with van der Waals surface area (Å²) in [6, 6.07) is 30.2. The number of amides is 2. The Morgan fingerprint density at radius 3 is 1.59 bits per heavy atom. The predicted molar refractivity (Wildman–Crippen MR) is 148 cm³/mol. The summed E-state index contributed by atoms with van der Waals surface area (Å²) in [4.78, 5) is 17.7. The zero-order chi connectivity index (χ0) is 27.4. The van der Waals surface area contributed by atoms with Crippen LogP contribution in [0.15, 0.2) is 109 Å². The molecule has 7 heteroatoms. The molecule has 0 radical (unpaired) electrons. The maximum atomic E-state index is 14.5. The summed E-state index contributed by atoms with van der Waals surface area (Å²) in [7, 11) is 0. The first-order chi connectivity index (χ1) is 18.9. The summed E-state index contributed by atoms with van der Waals surface area (Å²) in [6.45, 7) is 0.450. The molecule has 1 heterocycles. The molecule has 1 aliphatic rings. The van der Waals surface area contributed by atoms with E-state index >= 15 is 0 Å². The number of carbonyl (C=O) groups is 1. The van der Waals surface area contributed by atoms with Gasteiger partial charge >= 0.3 is 6.03 Å². The van der Waals surface area contributed by atoms with Gasteiger partial charge in [0, 0.05) is 13.1 Å². The second-order valence-electron chi connectivity index (χ2n) is 9.97. The quantitative estimate of drug-likeness (QED) is 0.283. The van der Waals surface area contributed by atoms with Gasteiger partial charge in [0.15, 0.2) is 0 Å². The van der Waals surface area contributed by atoms with Crippen LogP contribution in [0.4, 0.5) is 4.79 Å². The molecule has 4 N–H and O–H groups in total. The maximum absolute atomic E-state index is 14.5. The molecule has 4 aromatic rings. The standard InChI is InChI=1S/C32H32N2O5/c35-26-15-11-22(12-16-26)19-28-30(37)31(38)29(25-13-17-27(36)18-14-25)34(21-24-9-5-2-6-10-24)32(39)33(28)20-23-7-3-1-4-8-23/h1-18,28-31,35-38H,19-21H2/t28-,29?,30+,31+/m1/s1. The molecule has 0 saturated carbocycles. The highest BCUT2D eigenvalue weighted by molar-refractivity contribution is 5.76. The van der Waals surface area contributed by atoms with Crippen molar-refractivity contribution in [2.75, 3.05) is 0 Å². The highest BCUT2D eigenvalue weighted by Gasteiger charge is 2.47. The molecule has 200 valence electrons. The molecule has 0 aliphatic carbocycles. The topological polar surface area (TPSA) is 104 Å². The van der Waals surface area contributed by atoms with E-state index in [0.29, 0.717) is 5.56 Å². The Labute approximate surface area is 227 Å². The van der Waals surface area contributed by atoms with Gasteiger partial charge in [0.1, 0.15) is 23.7 Å². The largest absolute Gasteiger partial charge is 0.508 e. The molecule has 4 atom stereocenters. The van der Waals surface area contributed by atoms with Gasteiger partial charge in [-0.25, -0.2) is 4.79 Å². The van der Waals surface area contributed by atoms with Gasteiger partial charge in [-0.1, -0.05) is 84.9 Å². The van der Waals surface area contributed by atoms with Crippen LogP contribution < -0.4 is 0 Å². The lowest BCUT2D eigenvalue weighted by atomic mass is 9.90. The minimum absolute atomic E-state index is 0.0688. The number of phenols is 2. The smallest absolute Gasteiger partial charge is 0.321 e. The Morgan fingerprint density at radius 2 is 1.05 bits per heavy atom. The number of aromatic hydroxyl groups is 2. The number of hydrogen-bond acceptors (Lipinski definition) is 5. The molecule has 0 spiro atoms. The van der Waals surface area contributed by atoms with Crippen molar-refractivity contribution < 1.29 is 25.2 Å². The number of rotatable bonds is 7. The van der Waals surface area contributed by atoms with E-state index in [9.17, 15) is 25.2 Å². The van der Waals surface area contributed by atoms with Gasteiger partial charge in [-0.2, -0.15) is 0 Å². The molecule has 2 amide bonds. The van der Waals surface area contributed by atoms with E-state index in [0.717, 1.165) is 16.7 Å². The molecule has 1 aliphatic heterocycles. The minimum atomic E-state index is -1.31. The summed E-state index contributed by atoms with van der Waals surface area (Å²) in [5.74, 6) is 0.193. The second-order valence-corrected chi connectivity index (χ2v) is 9.97. The van der Waals surface area contributed by atoms with Crippen molar-refractivity contribution in [1.82, 2.24) is 9.80 Å². The molecule has 5 rings (SSSR count). The van der Waals surface area contributed by atoms with Crippen LogP contribution in [0, 0.1) is 0 Å². The zero-order valence-corrected chi connectivity index (χ0v) is 21.4. The lowest BCUT2D eigenvalue weighted by molar-refractivity contribution is -0.0418. The van der Waals surface area contributed by atoms with Gasteiger partial charge in [-0.15, -0.1) is 0 Å². The fourth-order valence-electron chi connectivity index (χ4n) is 5.27. The summed E-state index contributed by atoms with van der Waals surface area (Å²) in [5.41, 5.74) is 3.19. The molecule has 4 aromatic carbocycles. The molecule has 1 unspecified atom stereocenters. The van der Waals surface area contributed by atoms with Crippen LogP contribution in [-0.2, 0) is 19.5 Å². The van der Waals surface area contributed by atoms with E-state index in [1.54, 1.807) is 46.2 Å². The lowest BCUT2D eigenvalue weighted by Gasteiger charge is -2.36. The monoisotopic (exact) mass is 524 g/mol. The van der Waals surface area contributed by atoms with E-state index in [4.69, 9.17) is 0 Å². The first-order valence-electron chi connectivity index (χ1n) is 13.0. The van der Waals surface area contributed by atoms with Crippen molar-refractivity contribution in [3.8, 4) is 11.5 Å². The number of urea groups is 1. The van der Waals surface area contributed by atoms with E-state index in [1.165, 1.54) is 12.1 Å². The van der Waals surface area contributed by atoms with Crippen molar-refractivity contribution in [2.45, 2.75) is 43.8 Å². The number of phenolic OH excluding ortho intramolecular Hbond substituents is 2. The molecule has 0 aromatic heterocycles. The minimum Gasteiger partial charge on any atom is -0.508 e. The lowest BCUT2D eigenvalue weighted by Crippen LogP contribution is -2.50. The maximum Gasteiger partial charge on any atom is 0.321 e. The average molecular weight is 525 g/mol. The Kier molecular flexibility index (Phi) is 7.81. The summed E-state index contributed by atoms with van der Waals surface area (Å²) >= 11 is 0. The number of carbonyl (C=O) groups excluding carboxylic acids is 1. The Morgan fingerprint density at radius 1 is 0.564 bits per heavy atom. The molecule has 39 heavy (non-hydrogen) atoms. The highest BCUT2D eigenvalue weighted by Crippen LogP contribution is 2.36. The number of aliphatic hydroxyl groups excluding tert-OH is 2. The van der Waals surface area contributed by atoms with E-state index in [2.05, 4.69) is 0 Å². The Hall–Kier alpha value is -4.33. The summed E-state index contributed by atoms with van der Waals surface area (Å²) in [5, 5.41) is 43.1. The molecule has 0 bridgehead atoms. The van der Waals surface area contributed by atoms with Crippen LogP contribution in [0.5, 0.6) is 11.5 Å². The van der Waals surface area contributed by atoms with Gasteiger partial charge in [-0.05, 0) is 52.9 Å². The number of hydrogen-bond donors (Lipinski definition) is 4. The fraction of sp³-hybridized carbons (Fsp3) is 0.219. The van der Waals surface area contributed by atoms with Crippen molar-refractivity contribution in [3.05, 3.63) is 131 Å². The molecular formula is C32H32N2O5. The van der Waals surface area contributed by atoms with Gasteiger partial charge in [-0.3, -0.25) is 0 Å². The van der Waals surface area contributed by atoms with Crippen LogP contribution in [-0.4, -0.2) is 54.5 Å². The summed E-state index contributed by atoms with van der Waals surface area (Å²) in [6.07, 6.45) is -2.32. The van der Waals surface area contributed by atoms with E-state index in [1.807, 2.05) is 60.7 Å². The van der Waals surface area contributed by atoms with Gasteiger partial charge in [0.25, 0.3) is 0 Å². The third kappa shape index (κ3) is 5.90. The van der Waals surface area contributed by atoms with Gasteiger partial charge < -0.3 is 30.2 Å². The number of aliphatic hydroxyl groups is 2. The third-order valence-corrected chi connectivity index (χ3v) is 7.30. The van der Waals surface area contributed by atoms with Crippen molar-refractivity contribution >= 4 is 6.03 Å². The SMILES string of the molecule is O=C1N(Cc2ccccc2)C(c2ccc(O)cc2)[C@H](O)[C@@H](O)[C@@H](Cc2ccc(O)cc2)N1Cc1ccccc1. The fourth-order valence-corrected chi connectivity index (χ4v) is 5.27. The normalized spacial score (nSPS) is 21.5. The van der Waals surface area contributed by atoms with Crippen LogP contribution in [0.25, 0.3) is 0 Å². The Balaban J connectivity index is 1.61. The zero-order valence-electron chi connectivity index (χ0n) is 21.4.